The lowest BCUT2D eigenvalue weighted by Gasteiger charge is -2.38. The lowest BCUT2D eigenvalue weighted by atomic mass is 9.97. The number of ether oxygens (including phenoxy) is 1. The molecule has 1 aromatic heterocycles. The Morgan fingerprint density at radius 2 is 1.87 bits per heavy atom. The minimum Gasteiger partial charge on any atom is -0.497 e. The van der Waals surface area contributed by atoms with E-state index < -0.39 is 0 Å². The number of carbonyl (C=O) groups excluding carboxylic acids is 1. The lowest BCUT2D eigenvalue weighted by Crippen LogP contribution is -2.47. The van der Waals surface area contributed by atoms with Crippen LogP contribution in [-0.4, -0.2) is 35.2 Å². The van der Waals surface area contributed by atoms with Crippen LogP contribution in [0, 0.1) is 0 Å². The first-order valence-corrected chi connectivity index (χ1v) is 8.04. The van der Waals surface area contributed by atoms with Crippen LogP contribution in [0.25, 0.3) is 11.3 Å². The van der Waals surface area contributed by atoms with E-state index >= 15 is 0 Å². The number of carbonyl (C=O) groups is 1. The molecule has 0 N–H and O–H groups in total. The Bertz CT molecular complexity index is 668. The second kappa shape index (κ2) is 6.44. The monoisotopic (exact) mass is 314 g/mol. The summed E-state index contributed by atoms with van der Waals surface area (Å²) in [5.41, 5.74) is 1.24. The highest BCUT2D eigenvalue weighted by Crippen LogP contribution is 2.27. The normalized spacial score (nSPS) is 21.3. The van der Waals surface area contributed by atoms with Crippen LogP contribution in [0.4, 0.5) is 0 Å². The van der Waals surface area contributed by atoms with Crippen molar-refractivity contribution < 1.29 is 14.1 Å². The fraction of sp³-hybridized carbons (Fsp3) is 0.444. The fourth-order valence-corrected chi connectivity index (χ4v) is 3.22. The largest absolute Gasteiger partial charge is 0.497 e. The standard InChI is InChI=1S/C18H22N2O3/c1-12-5-4-6-13(2)20(12)18(21)16-11-17(23-19-16)14-7-9-15(22-3)10-8-14/h7-13H,4-6H2,1-3H3. The molecule has 5 heteroatoms. The SMILES string of the molecule is COc1ccc(-c2cc(C(=O)N3C(C)CCCC3C)no2)cc1. The van der Waals surface area contributed by atoms with Gasteiger partial charge >= 0.3 is 0 Å². The zero-order chi connectivity index (χ0) is 16.4. The molecule has 2 aromatic rings. The molecule has 2 unspecified atom stereocenters. The zero-order valence-corrected chi connectivity index (χ0v) is 13.8. The van der Waals surface area contributed by atoms with Gasteiger partial charge in [0.25, 0.3) is 5.91 Å². The molecule has 1 saturated heterocycles. The van der Waals surface area contributed by atoms with Crippen molar-refractivity contribution in [3.05, 3.63) is 36.0 Å². The molecule has 3 rings (SSSR count). The molecule has 122 valence electrons. The van der Waals surface area contributed by atoms with Crippen molar-refractivity contribution in [3.63, 3.8) is 0 Å². The molecule has 1 aromatic carbocycles. The van der Waals surface area contributed by atoms with Crippen molar-refractivity contribution in [2.24, 2.45) is 0 Å². The molecule has 5 nitrogen and oxygen atoms in total. The van der Waals surface area contributed by atoms with Crippen molar-refractivity contribution in [1.29, 1.82) is 0 Å². The van der Waals surface area contributed by atoms with Crippen LogP contribution >= 0.6 is 0 Å². The van der Waals surface area contributed by atoms with Gasteiger partial charge in [-0.1, -0.05) is 5.16 Å². The number of piperidine rings is 1. The molecule has 1 amide bonds. The van der Waals surface area contributed by atoms with E-state index in [1.54, 1.807) is 13.2 Å². The van der Waals surface area contributed by atoms with Gasteiger partial charge in [0.1, 0.15) is 5.75 Å². The highest BCUT2D eigenvalue weighted by molar-refractivity contribution is 5.93. The summed E-state index contributed by atoms with van der Waals surface area (Å²) in [6.07, 6.45) is 3.25. The smallest absolute Gasteiger partial charge is 0.276 e. The van der Waals surface area contributed by atoms with Gasteiger partial charge in [0.2, 0.25) is 0 Å². The number of aromatic nitrogens is 1. The Kier molecular flexibility index (Phi) is 4.37. The van der Waals surface area contributed by atoms with Gasteiger partial charge in [-0.15, -0.1) is 0 Å². The number of hydrogen-bond acceptors (Lipinski definition) is 4. The van der Waals surface area contributed by atoms with E-state index in [9.17, 15) is 4.79 Å². The van der Waals surface area contributed by atoms with E-state index in [1.807, 2.05) is 29.2 Å². The molecule has 0 spiro atoms. The van der Waals surface area contributed by atoms with E-state index in [4.69, 9.17) is 9.26 Å². The third kappa shape index (κ3) is 3.09. The minimum atomic E-state index is -0.0480. The molecule has 0 saturated carbocycles. The first-order valence-electron chi connectivity index (χ1n) is 8.04. The zero-order valence-electron chi connectivity index (χ0n) is 13.8. The van der Waals surface area contributed by atoms with Gasteiger partial charge in [-0.05, 0) is 57.4 Å². The van der Waals surface area contributed by atoms with Crippen molar-refractivity contribution in [2.45, 2.75) is 45.2 Å². The van der Waals surface area contributed by atoms with Crippen LogP contribution in [0.3, 0.4) is 0 Å². The molecule has 23 heavy (non-hydrogen) atoms. The first-order chi connectivity index (χ1) is 11.1. The summed E-state index contributed by atoms with van der Waals surface area (Å²) in [4.78, 5) is 14.7. The summed E-state index contributed by atoms with van der Waals surface area (Å²) in [5, 5.41) is 3.98. The van der Waals surface area contributed by atoms with Gasteiger partial charge in [-0.25, -0.2) is 0 Å². The maximum absolute atomic E-state index is 12.7. The van der Waals surface area contributed by atoms with Gasteiger partial charge < -0.3 is 14.2 Å². The number of methoxy groups -OCH3 is 1. The molecule has 0 radical (unpaired) electrons. The van der Waals surface area contributed by atoms with E-state index in [0.29, 0.717) is 11.5 Å². The highest BCUT2D eigenvalue weighted by Gasteiger charge is 2.31. The lowest BCUT2D eigenvalue weighted by molar-refractivity contribution is 0.0500. The van der Waals surface area contributed by atoms with Gasteiger partial charge in [0, 0.05) is 23.7 Å². The molecule has 0 aliphatic carbocycles. The first kappa shape index (κ1) is 15.6. The Hall–Kier alpha value is -2.30. The highest BCUT2D eigenvalue weighted by atomic mass is 16.5. The van der Waals surface area contributed by atoms with Crippen molar-refractivity contribution in [1.82, 2.24) is 10.1 Å². The minimum absolute atomic E-state index is 0.0480. The predicted molar refractivity (Wildman–Crippen MR) is 87.4 cm³/mol. The van der Waals surface area contributed by atoms with E-state index in [-0.39, 0.29) is 18.0 Å². The number of benzene rings is 1. The molecule has 1 aliphatic rings. The van der Waals surface area contributed by atoms with E-state index in [2.05, 4.69) is 19.0 Å². The second-order valence-electron chi connectivity index (χ2n) is 6.15. The molecular weight excluding hydrogens is 292 g/mol. The molecule has 2 atom stereocenters. The van der Waals surface area contributed by atoms with Crippen LogP contribution in [-0.2, 0) is 0 Å². The Balaban J connectivity index is 1.81. The average molecular weight is 314 g/mol. The maximum Gasteiger partial charge on any atom is 0.276 e. The van der Waals surface area contributed by atoms with Gasteiger partial charge in [-0.2, -0.15) is 0 Å². The van der Waals surface area contributed by atoms with E-state index in [0.717, 1.165) is 24.2 Å². The van der Waals surface area contributed by atoms with Crippen LogP contribution in [0.15, 0.2) is 34.9 Å². The predicted octanol–water partition coefficient (Wildman–Crippen LogP) is 3.75. The average Bonchev–Trinajstić information content (AvgIpc) is 3.04. The van der Waals surface area contributed by atoms with Gasteiger partial charge in [0.15, 0.2) is 11.5 Å². The van der Waals surface area contributed by atoms with Crippen LogP contribution < -0.4 is 4.74 Å². The molecule has 0 bridgehead atoms. The summed E-state index contributed by atoms with van der Waals surface area (Å²) in [7, 11) is 1.63. The van der Waals surface area contributed by atoms with Crippen molar-refractivity contribution in [3.8, 4) is 17.1 Å². The van der Waals surface area contributed by atoms with Crippen LogP contribution in [0.5, 0.6) is 5.75 Å². The number of nitrogens with zero attached hydrogens (tertiary/aromatic N) is 2. The van der Waals surface area contributed by atoms with Gasteiger partial charge in [0.05, 0.1) is 7.11 Å². The Morgan fingerprint density at radius 3 is 2.48 bits per heavy atom. The van der Waals surface area contributed by atoms with Crippen molar-refractivity contribution in [2.75, 3.05) is 7.11 Å². The molecular formula is C18H22N2O3. The van der Waals surface area contributed by atoms with Gasteiger partial charge in [-0.3, -0.25) is 4.79 Å². The summed E-state index contributed by atoms with van der Waals surface area (Å²) in [6.45, 7) is 4.19. The third-order valence-electron chi connectivity index (χ3n) is 4.53. The van der Waals surface area contributed by atoms with Crippen molar-refractivity contribution >= 4 is 5.91 Å². The number of amides is 1. The maximum atomic E-state index is 12.7. The molecule has 1 fully saturated rings. The molecule has 1 aliphatic heterocycles. The topological polar surface area (TPSA) is 55.6 Å². The number of rotatable bonds is 3. The second-order valence-corrected chi connectivity index (χ2v) is 6.15. The van der Waals surface area contributed by atoms with Crippen LogP contribution in [0.2, 0.25) is 0 Å². The summed E-state index contributed by atoms with van der Waals surface area (Å²) in [5.74, 6) is 1.32. The summed E-state index contributed by atoms with van der Waals surface area (Å²) < 4.78 is 10.5. The Morgan fingerprint density at radius 1 is 1.22 bits per heavy atom. The fourth-order valence-electron chi connectivity index (χ4n) is 3.22. The summed E-state index contributed by atoms with van der Waals surface area (Å²) in [6, 6.07) is 9.69. The van der Waals surface area contributed by atoms with Crippen LogP contribution in [0.1, 0.15) is 43.6 Å². The number of likely N-dealkylation sites (tertiary alicyclic amines) is 1. The quantitative estimate of drug-likeness (QED) is 0.865. The van der Waals surface area contributed by atoms with E-state index in [1.165, 1.54) is 6.42 Å². The summed E-state index contributed by atoms with van der Waals surface area (Å²) >= 11 is 0. The number of hydrogen-bond donors (Lipinski definition) is 0. The molecule has 2 heterocycles. The Labute approximate surface area is 136 Å². The third-order valence-corrected chi connectivity index (χ3v) is 4.53.